The summed E-state index contributed by atoms with van der Waals surface area (Å²) in [5, 5.41) is 5.68. The third kappa shape index (κ3) is 5.25. The molecule has 0 spiro atoms. The second kappa shape index (κ2) is 9.85. The minimum atomic E-state index is -0.206. The number of fused-ring (bicyclic) bond motifs is 1. The highest BCUT2D eigenvalue weighted by atomic mass is 16.5. The van der Waals surface area contributed by atoms with Gasteiger partial charge in [-0.3, -0.25) is 14.4 Å². The SMILES string of the molecule is CC(C)c1ccc(NC(=O)c2ccc(CN(C(=O)c3ccc4c(c3)OCC(=O)N4)C3CC3)cc2)cc1. The Morgan fingerprint density at radius 2 is 1.69 bits per heavy atom. The number of anilines is 2. The molecular weight excluding hydrogens is 454 g/mol. The van der Waals surface area contributed by atoms with Crippen molar-refractivity contribution in [1.82, 2.24) is 4.90 Å². The number of hydrogen-bond acceptors (Lipinski definition) is 4. The number of amides is 3. The van der Waals surface area contributed by atoms with E-state index in [1.54, 1.807) is 30.3 Å². The summed E-state index contributed by atoms with van der Waals surface area (Å²) in [6, 6.07) is 20.6. The first-order valence-electron chi connectivity index (χ1n) is 12.3. The fourth-order valence-corrected chi connectivity index (χ4v) is 4.24. The van der Waals surface area contributed by atoms with Crippen LogP contribution in [0.15, 0.2) is 66.7 Å². The summed E-state index contributed by atoms with van der Waals surface area (Å²) >= 11 is 0. The molecule has 3 aromatic carbocycles. The van der Waals surface area contributed by atoms with Crippen molar-refractivity contribution >= 4 is 29.1 Å². The number of hydrogen-bond donors (Lipinski definition) is 2. The van der Waals surface area contributed by atoms with E-state index in [9.17, 15) is 14.4 Å². The van der Waals surface area contributed by atoms with Gasteiger partial charge in [0.05, 0.1) is 5.69 Å². The van der Waals surface area contributed by atoms with Gasteiger partial charge in [0.1, 0.15) is 5.75 Å². The number of rotatable bonds is 7. The lowest BCUT2D eigenvalue weighted by Gasteiger charge is -2.24. The van der Waals surface area contributed by atoms with Crippen LogP contribution in [-0.4, -0.2) is 35.3 Å². The predicted molar refractivity (Wildman–Crippen MR) is 138 cm³/mol. The normalized spacial score (nSPS) is 14.5. The molecule has 3 amide bonds. The molecule has 1 aliphatic heterocycles. The topological polar surface area (TPSA) is 87.7 Å². The number of nitrogens with zero attached hydrogens (tertiary/aromatic N) is 1. The fraction of sp³-hybridized carbons (Fsp3) is 0.276. The molecule has 0 aromatic heterocycles. The third-order valence-electron chi connectivity index (χ3n) is 6.51. The van der Waals surface area contributed by atoms with E-state index in [1.165, 1.54) is 5.56 Å². The van der Waals surface area contributed by atoms with Gasteiger partial charge in [0.2, 0.25) is 0 Å². The van der Waals surface area contributed by atoms with Gasteiger partial charge in [-0.05, 0) is 72.4 Å². The molecule has 7 nitrogen and oxygen atoms in total. The summed E-state index contributed by atoms with van der Waals surface area (Å²) in [6.45, 7) is 4.67. The van der Waals surface area contributed by atoms with E-state index in [4.69, 9.17) is 4.74 Å². The van der Waals surface area contributed by atoms with Crippen LogP contribution in [0.25, 0.3) is 0 Å². The Morgan fingerprint density at radius 1 is 1.00 bits per heavy atom. The van der Waals surface area contributed by atoms with E-state index in [0.29, 0.717) is 35.0 Å². The highest BCUT2D eigenvalue weighted by Gasteiger charge is 2.33. The van der Waals surface area contributed by atoms with Crippen molar-refractivity contribution in [2.75, 3.05) is 17.2 Å². The van der Waals surface area contributed by atoms with Gasteiger partial charge in [0.25, 0.3) is 17.7 Å². The van der Waals surface area contributed by atoms with Crippen molar-refractivity contribution in [2.24, 2.45) is 0 Å². The largest absolute Gasteiger partial charge is 0.482 e. The molecule has 0 saturated heterocycles. The van der Waals surface area contributed by atoms with Crippen LogP contribution in [0.1, 0.15) is 64.4 Å². The van der Waals surface area contributed by atoms with Gasteiger partial charge in [-0.15, -0.1) is 0 Å². The Morgan fingerprint density at radius 3 is 2.36 bits per heavy atom. The minimum absolute atomic E-state index is 0.0554. The van der Waals surface area contributed by atoms with Gasteiger partial charge >= 0.3 is 0 Å². The third-order valence-corrected chi connectivity index (χ3v) is 6.51. The maximum Gasteiger partial charge on any atom is 0.262 e. The quantitative estimate of drug-likeness (QED) is 0.484. The molecule has 0 unspecified atom stereocenters. The molecule has 1 fully saturated rings. The zero-order valence-corrected chi connectivity index (χ0v) is 20.4. The lowest BCUT2D eigenvalue weighted by Crippen LogP contribution is -2.33. The van der Waals surface area contributed by atoms with Crippen molar-refractivity contribution in [3.63, 3.8) is 0 Å². The van der Waals surface area contributed by atoms with Crippen molar-refractivity contribution < 1.29 is 19.1 Å². The van der Waals surface area contributed by atoms with E-state index < -0.39 is 0 Å². The zero-order chi connectivity index (χ0) is 25.2. The maximum absolute atomic E-state index is 13.3. The molecule has 2 N–H and O–H groups in total. The van der Waals surface area contributed by atoms with Gasteiger partial charge in [0.15, 0.2) is 6.61 Å². The van der Waals surface area contributed by atoms with Crippen LogP contribution in [-0.2, 0) is 11.3 Å². The van der Waals surface area contributed by atoms with Gasteiger partial charge < -0.3 is 20.3 Å². The first-order valence-corrected chi connectivity index (χ1v) is 12.3. The molecule has 0 bridgehead atoms. The van der Waals surface area contributed by atoms with E-state index >= 15 is 0 Å². The van der Waals surface area contributed by atoms with E-state index in [-0.39, 0.29) is 30.4 Å². The molecular formula is C29H29N3O4. The average molecular weight is 484 g/mol. The van der Waals surface area contributed by atoms with E-state index in [2.05, 4.69) is 24.5 Å². The van der Waals surface area contributed by atoms with E-state index in [0.717, 1.165) is 24.1 Å². The first kappa shape index (κ1) is 23.6. The number of carbonyl (C=O) groups is 3. The van der Waals surface area contributed by atoms with Crippen molar-refractivity contribution in [1.29, 1.82) is 0 Å². The van der Waals surface area contributed by atoms with Crippen LogP contribution >= 0.6 is 0 Å². The Kier molecular flexibility index (Phi) is 6.46. The summed E-state index contributed by atoms with van der Waals surface area (Å²) in [6.07, 6.45) is 1.94. The lowest BCUT2D eigenvalue weighted by molar-refractivity contribution is -0.118. The highest BCUT2D eigenvalue weighted by Crippen LogP contribution is 2.33. The Labute approximate surface area is 210 Å². The summed E-state index contributed by atoms with van der Waals surface area (Å²) in [5.41, 5.74) is 4.59. The number of nitrogens with one attached hydrogen (secondary N) is 2. The van der Waals surface area contributed by atoms with E-state index in [1.807, 2.05) is 41.3 Å². The monoisotopic (exact) mass is 483 g/mol. The predicted octanol–water partition coefficient (Wildman–Crippen LogP) is 5.20. The molecule has 36 heavy (non-hydrogen) atoms. The molecule has 1 aliphatic carbocycles. The molecule has 1 saturated carbocycles. The van der Waals surface area contributed by atoms with Gasteiger partial charge in [-0.2, -0.15) is 0 Å². The van der Waals surface area contributed by atoms with Crippen molar-refractivity contribution in [3.8, 4) is 5.75 Å². The number of ether oxygens (including phenoxy) is 1. The number of benzene rings is 3. The van der Waals surface area contributed by atoms with Crippen LogP contribution < -0.4 is 15.4 Å². The Bertz CT molecular complexity index is 1300. The van der Waals surface area contributed by atoms with Crippen molar-refractivity contribution in [3.05, 3.63) is 89.0 Å². The summed E-state index contributed by atoms with van der Waals surface area (Å²) < 4.78 is 5.47. The summed E-state index contributed by atoms with van der Waals surface area (Å²) in [7, 11) is 0. The lowest BCUT2D eigenvalue weighted by atomic mass is 10.0. The smallest absolute Gasteiger partial charge is 0.262 e. The molecule has 184 valence electrons. The second-order valence-corrected chi connectivity index (χ2v) is 9.64. The molecule has 2 aliphatic rings. The summed E-state index contributed by atoms with van der Waals surface area (Å²) in [5.74, 6) is 0.489. The fourth-order valence-electron chi connectivity index (χ4n) is 4.24. The molecule has 1 heterocycles. The van der Waals surface area contributed by atoms with Crippen LogP contribution in [0.5, 0.6) is 5.75 Å². The summed E-state index contributed by atoms with van der Waals surface area (Å²) in [4.78, 5) is 39.4. The average Bonchev–Trinajstić information content (AvgIpc) is 3.72. The van der Waals surface area contributed by atoms with Crippen molar-refractivity contribution in [2.45, 2.75) is 45.2 Å². The highest BCUT2D eigenvalue weighted by molar-refractivity contribution is 6.04. The minimum Gasteiger partial charge on any atom is -0.482 e. The Hall–Kier alpha value is -4.13. The standard InChI is InChI=1S/C29H29N3O4/c1-18(2)20-7-10-23(11-8-20)30-28(34)21-5-3-19(4-6-21)16-32(24-12-13-24)29(35)22-9-14-25-26(15-22)36-17-27(33)31-25/h3-11,14-15,18,24H,12-13,16-17H2,1-2H3,(H,30,34)(H,31,33). The molecule has 3 aromatic rings. The van der Waals surface area contributed by atoms with Gasteiger partial charge in [-0.25, -0.2) is 0 Å². The van der Waals surface area contributed by atoms with Crippen LogP contribution in [0.2, 0.25) is 0 Å². The maximum atomic E-state index is 13.3. The molecule has 0 atom stereocenters. The van der Waals surface area contributed by atoms with Crippen LogP contribution in [0, 0.1) is 0 Å². The van der Waals surface area contributed by atoms with Crippen LogP contribution in [0.4, 0.5) is 11.4 Å². The van der Waals surface area contributed by atoms with Crippen LogP contribution in [0.3, 0.4) is 0 Å². The Balaban J connectivity index is 1.25. The molecule has 7 heteroatoms. The zero-order valence-electron chi connectivity index (χ0n) is 20.4. The first-order chi connectivity index (χ1) is 17.4. The molecule has 5 rings (SSSR count). The molecule has 0 radical (unpaired) electrons. The number of carbonyl (C=O) groups excluding carboxylic acids is 3. The van der Waals surface area contributed by atoms with Gasteiger partial charge in [-0.1, -0.05) is 38.1 Å². The second-order valence-electron chi connectivity index (χ2n) is 9.64. The van der Waals surface area contributed by atoms with Gasteiger partial charge in [0, 0.05) is 29.4 Å².